The van der Waals surface area contributed by atoms with Crippen molar-refractivity contribution in [3.63, 3.8) is 0 Å². The number of anilines is 1. The molecule has 0 unspecified atom stereocenters. The molecule has 35 heavy (non-hydrogen) atoms. The number of ether oxygens (including phenoxy) is 4. The zero-order valence-corrected chi connectivity index (χ0v) is 19.7. The third kappa shape index (κ3) is 5.39. The van der Waals surface area contributed by atoms with E-state index in [0.29, 0.717) is 36.0 Å². The number of para-hydroxylation sites is 2. The molecule has 0 aromatic heterocycles. The molecule has 7 heteroatoms. The lowest BCUT2D eigenvalue weighted by atomic mass is 10.1. The lowest BCUT2D eigenvalue weighted by molar-refractivity contribution is -0.114. The molecule has 0 aliphatic carbocycles. The Morgan fingerprint density at radius 3 is 2.31 bits per heavy atom. The van der Waals surface area contributed by atoms with E-state index >= 15 is 0 Å². The van der Waals surface area contributed by atoms with Gasteiger partial charge >= 0.3 is 0 Å². The topological polar surface area (TPSA) is 81.0 Å². The van der Waals surface area contributed by atoms with Crippen molar-refractivity contribution in [1.29, 1.82) is 5.26 Å². The first-order chi connectivity index (χ1) is 17.1. The number of rotatable bonds is 9. The first kappa shape index (κ1) is 23.7. The fraction of sp³-hybridized carbons (Fsp3) is 0.214. The van der Waals surface area contributed by atoms with Crippen LogP contribution in [0.2, 0.25) is 0 Å². The number of amides is 1. The molecule has 3 aromatic carbocycles. The minimum Gasteiger partial charge on any atom is -0.493 e. The van der Waals surface area contributed by atoms with Crippen molar-refractivity contribution >= 4 is 17.7 Å². The molecule has 0 atom stereocenters. The summed E-state index contributed by atoms with van der Waals surface area (Å²) in [7, 11) is 3.04. The van der Waals surface area contributed by atoms with Gasteiger partial charge < -0.3 is 23.8 Å². The maximum Gasteiger partial charge on any atom is 0.268 e. The van der Waals surface area contributed by atoms with Crippen LogP contribution in [0.5, 0.6) is 23.0 Å². The van der Waals surface area contributed by atoms with Crippen LogP contribution < -0.4 is 23.8 Å². The molecule has 0 fully saturated rings. The van der Waals surface area contributed by atoms with Crippen LogP contribution in [0.25, 0.3) is 6.08 Å². The van der Waals surface area contributed by atoms with Gasteiger partial charge in [0, 0.05) is 12.2 Å². The average molecular weight is 471 g/mol. The van der Waals surface area contributed by atoms with Gasteiger partial charge in [-0.15, -0.1) is 0 Å². The summed E-state index contributed by atoms with van der Waals surface area (Å²) in [6.45, 7) is 1.15. The Labute approximate surface area is 204 Å². The standard InChI is InChI=1S/C28H26N2O5/c1-32-25-17-20(16-22(19-29)28(31)30-13-12-21-8-6-7-11-24(21)30)18-26(33-2)27(25)35-15-14-34-23-9-4-3-5-10-23/h3-11,16-18H,12-15H2,1-2H3/b22-16+. The van der Waals surface area contributed by atoms with E-state index in [1.54, 1.807) is 17.0 Å². The number of hydrogen-bond donors (Lipinski definition) is 0. The highest BCUT2D eigenvalue weighted by Crippen LogP contribution is 2.39. The zero-order valence-electron chi connectivity index (χ0n) is 19.7. The molecule has 0 bridgehead atoms. The molecule has 1 heterocycles. The van der Waals surface area contributed by atoms with Crippen LogP contribution in [0.1, 0.15) is 11.1 Å². The van der Waals surface area contributed by atoms with E-state index in [0.717, 1.165) is 23.4 Å². The van der Waals surface area contributed by atoms with Gasteiger partial charge in [-0.25, -0.2) is 0 Å². The summed E-state index contributed by atoms with van der Waals surface area (Å²) < 4.78 is 22.6. The number of methoxy groups -OCH3 is 2. The fourth-order valence-corrected chi connectivity index (χ4v) is 3.95. The van der Waals surface area contributed by atoms with Crippen LogP contribution >= 0.6 is 0 Å². The highest BCUT2D eigenvalue weighted by atomic mass is 16.6. The first-order valence-electron chi connectivity index (χ1n) is 11.2. The SMILES string of the molecule is COc1cc(/C=C(\C#N)C(=O)N2CCc3ccccc32)cc(OC)c1OCCOc1ccccc1. The number of carbonyl (C=O) groups is 1. The number of hydrogen-bond acceptors (Lipinski definition) is 6. The smallest absolute Gasteiger partial charge is 0.268 e. The van der Waals surface area contributed by atoms with E-state index in [1.807, 2.05) is 60.7 Å². The van der Waals surface area contributed by atoms with Crippen LogP contribution in [-0.4, -0.2) is 39.9 Å². The molecule has 3 aromatic rings. The van der Waals surface area contributed by atoms with Gasteiger partial charge in [-0.2, -0.15) is 5.26 Å². The predicted molar refractivity (Wildman–Crippen MR) is 133 cm³/mol. The van der Waals surface area contributed by atoms with Gasteiger partial charge in [0.2, 0.25) is 5.75 Å². The van der Waals surface area contributed by atoms with Gasteiger partial charge in [0.25, 0.3) is 5.91 Å². The fourth-order valence-electron chi connectivity index (χ4n) is 3.95. The van der Waals surface area contributed by atoms with Crippen LogP contribution in [0.15, 0.2) is 72.3 Å². The van der Waals surface area contributed by atoms with Gasteiger partial charge in [-0.1, -0.05) is 36.4 Å². The molecule has 0 spiro atoms. The van der Waals surface area contributed by atoms with Gasteiger partial charge in [0.05, 0.1) is 14.2 Å². The Hall–Kier alpha value is -4.44. The molecule has 4 rings (SSSR count). The molecule has 178 valence electrons. The van der Waals surface area contributed by atoms with Gasteiger partial charge in [0.1, 0.15) is 30.6 Å². The maximum atomic E-state index is 13.1. The van der Waals surface area contributed by atoms with Crippen LogP contribution in [0.3, 0.4) is 0 Å². The second kappa shape index (κ2) is 11.1. The number of nitrogens with zero attached hydrogens (tertiary/aromatic N) is 2. The molecule has 1 amide bonds. The molecule has 0 saturated heterocycles. The minimum absolute atomic E-state index is 0.0238. The third-order valence-electron chi connectivity index (χ3n) is 5.62. The Kier molecular flexibility index (Phi) is 7.53. The highest BCUT2D eigenvalue weighted by molar-refractivity contribution is 6.12. The van der Waals surface area contributed by atoms with Crippen molar-refractivity contribution in [2.24, 2.45) is 0 Å². The monoisotopic (exact) mass is 470 g/mol. The molecule has 0 N–H and O–H groups in total. The number of fused-ring (bicyclic) bond motifs is 1. The third-order valence-corrected chi connectivity index (χ3v) is 5.62. The van der Waals surface area contributed by atoms with Crippen molar-refractivity contribution in [3.8, 4) is 29.1 Å². The molecular weight excluding hydrogens is 444 g/mol. The first-order valence-corrected chi connectivity index (χ1v) is 11.2. The normalized spacial score (nSPS) is 12.5. The van der Waals surface area contributed by atoms with Gasteiger partial charge in [-0.05, 0) is 54.0 Å². The lowest BCUT2D eigenvalue weighted by Crippen LogP contribution is -2.29. The minimum atomic E-state index is -0.339. The Morgan fingerprint density at radius 1 is 0.971 bits per heavy atom. The maximum absolute atomic E-state index is 13.1. The summed E-state index contributed by atoms with van der Waals surface area (Å²) in [4.78, 5) is 14.8. The van der Waals surface area contributed by atoms with Crippen molar-refractivity contribution in [1.82, 2.24) is 0 Å². The predicted octanol–water partition coefficient (Wildman–Crippen LogP) is 4.66. The van der Waals surface area contributed by atoms with E-state index in [1.165, 1.54) is 20.3 Å². The van der Waals surface area contributed by atoms with Gasteiger partial charge in [0.15, 0.2) is 11.5 Å². The molecule has 0 saturated carbocycles. The van der Waals surface area contributed by atoms with E-state index in [2.05, 4.69) is 0 Å². The van der Waals surface area contributed by atoms with Crippen LogP contribution in [-0.2, 0) is 11.2 Å². The van der Waals surface area contributed by atoms with E-state index < -0.39 is 0 Å². The summed E-state index contributed by atoms with van der Waals surface area (Å²) in [5, 5.41) is 9.74. The van der Waals surface area contributed by atoms with Crippen molar-refractivity contribution in [2.45, 2.75) is 6.42 Å². The molecule has 7 nitrogen and oxygen atoms in total. The Bertz CT molecular complexity index is 1240. The summed E-state index contributed by atoms with van der Waals surface area (Å²) >= 11 is 0. The van der Waals surface area contributed by atoms with Crippen LogP contribution in [0.4, 0.5) is 5.69 Å². The Morgan fingerprint density at radius 2 is 1.63 bits per heavy atom. The van der Waals surface area contributed by atoms with E-state index in [4.69, 9.17) is 18.9 Å². The average Bonchev–Trinajstić information content (AvgIpc) is 3.34. The largest absolute Gasteiger partial charge is 0.493 e. The Balaban J connectivity index is 1.52. The van der Waals surface area contributed by atoms with E-state index in [-0.39, 0.29) is 18.1 Å². The number of benzene rings is 3. The molecular formula is C28H26N2O5. The number of carbonyl (C=O) groups excluding carboxylic acids is 1. The molecule has 0 radical (unpaired) electrons. The van der Waals surface area contributed by atoms with E-state index in [9.17, 15) is 10.1 Å². The zero-order chi connectivity index (χ0) is 24.6. The summed E-state index contributed by atoms with van der Waals surface area (Å²) in [5.41, 5.74) is 2.55. The summed E-state index contributed by atoms with van der Waals surface area (Å²) in [5.74, 6) is 1.68. The second-order valence-electron chi connectivity index (χ2n) is 7.77. The molecule has 1 aliphatic heterocycles. The van der Waals surface area contributed by atoms with Crippen LogP contribution in [0, 0.1) is 11.3 Å². The van der Waals surface area contributed by atoms with Crippen molar-refractivity contribution in [3.05, 3.63) is 83.4 Å². The quantitative estimate of drug-likeness (QED) is 0.257. The summed E-state index contributed by atoms with van der Waals surface area (Å²) in [6.07, 6.45) is 2.30. The highest BCUT2D eigenvalue weighted by Gasteiger charge is 2.27. The lowest BCUT2D eigenvalue weighted by Gasteiger charge is -2.17. The van der Waals surface area contributed by atoms with Crippen molar-refractivity contribution < 1.29 is 23.7 Å². The number of nitriles is 1. The summed E-state index contributed by atoms with van der Waals surface area (Å²) in [6, 6.07) is 22.7. The second-order valence-corrected chi connectivity index (χ2v) is 7.77. The van der Waals surface area contributed by atoms with Crippen molar-refractivity contribution in [2.75, 3.05) is 38.9 Å². The molecule has 1 aliphatic rings. The van der Waals surface area contributed by atoms with Gasteiger partial charge in [-0.3, -0.25) is 4.79 Å².